The number of amides is 1. The zero-order valence-electron chi connectivity index (χ0n) is 8.70. The van der Waals surface area contributed by atoms with Crippen molar-refractivity contribution >= 4 is 24.0 Å². The van der Waals surface area contributed by atoms with Crippen molar-refractivity contribution in [3.05, 3.63) is 30.1 Å². The van der Waals surface area contributed by atoms with E-state index in [1.807, 2.05) is 0 Å². The van der Waals surface area contributed by atoms with E-state index < -0.39 is 0 Å². The second-order valence-electron chi connectivity index (χ2n) is 3.69. The van der Waals surface area contributed by atoms with Gasteiger partial charge in [0.25, 0.3) is 0 Å². The Hall–Kier alpha value is -1.13. The SMILES string of the molecule is Cl.O=C(Nc1ccc(F)cc1)[C@@H]1CCNC1. The molecule has 16 heavy (non-hydrogen) atoms. The fourth-order valence-electron chi connectivity index (χ4n) is 1.66. The van der Waals surface area contributed by atoms with Gasteiger partial charge in [-0.3, -0.25) is 4.79 Å². The Morgan fingerprint density at radius 2 is 2.06 bits per heavy atom. The summed E-state index contributed by atoms with van der Waals surface area (Å²) in [7, 11) is 0. The minimum atomic E-state index is -0.296. The third-order valence-electron chi connectivity index (χ3n) is 2.54. The minimum absolute atomic E-state index is 0. The highest BCUT2D eigenvalue weighted by Gasteiger charge is 2.22. The lowest BCUT2D eigenvalue weighted by Crippen LogP contribution is -2.24. The molecule has 0 radical (unpaired) electrons. The molecule has 1 aliphatic heterocycles. The monoisotopic (exact) mass is 244 g/mol. The molecule has 2 rings (SSSR count). The summed E-state index contributed by atoms with van der Waals surface area (Å²) in [5.41, 5.74) is 0.647. The molecule has 2 N–H and O–H groups in total. The van der Waals surface area contributed by atoms with Gasteiger partial charge in [-0.05, 0) is 37.2 Å². The Labute approximate surface area is 99.8 Å². The molecule has 1 aromatic carbocycles. The smallest absolute Gasteiger partial charge is 0.228 e. The highest BCUT2D eigenvalue weighted by molar-refractivity contribution is 5.92. The highest BCUT2D eigenvalue weighted by Crippen LogP contribution is 2.13. The third-order valence-corrected chi connectivity index (χ3v) is 2.54. The van der Waals surface area contributed by atoms with Crippen LogP contribution in [0.4, 0.5) is 10.1 Å². The van der Waals surface area contributed by atoms with Crippen molar-refractivity contribution in [1.29, 1.82) is 0 Å². The van der Waals surface area contributed by atoms with E-state index in [2.05, 4.69) is 10.6 Å². The van der Waals surface area contributed by atoms with Crippen molar-refractivity contribution < 1.29 is 9.18 Å². The van der Waals surface area contributed by atoms with Crippen LogP contribution in [0, 0.1) is 11.7 Å². The van der Waals surface area contributed by atoms with Gasteiger partial charge in [0.05, 0.1) is 5.92 Å². The van der Waals surface area contributed by atoms with Gasteiger partial charge in [0.2, 0.25) is 5.91 Å². The van der Waals surface area contributed by atoms with Crippen molar-refractivity contribution in [2.45, 2.75) is 6.42 Å². The number of halogens is 2. The number of hydrogen-bond acceptors (Lipinski definition) is 2. The summed E-state index contributed by atoms with van der Waals surface area (Å²) in [6.07, 6.45) is 0.868. The molecule has 1 atom stereocenters. The maximum absolute atomic E-state index is 12.6. The number of rotatable bonds is 2. The molecule has 1 amide bonds. The van der Waals surface area contributed by atoms with Crippen molar-refractivity contribution in [3.63, 3.8) is 0 Å². The Balaban J connectivity index is 0.00000128. The van der Waals surface area contributed by atoms with E-state index in [9.17, 15) is 9.18 Å². The first-order valence-electron chi connectivity index (χ1n) is 5.03. The van der Waals surface area contributed by atoms with E-state index in [0.717, 1.165) is 19.5 Å². The molecular formula is C11H14ClFN2O. The second kappa shape index (κ2) is 5.82. The molecule has 3 nitrogen and oxygen atoms in total. The standard InChI is InChI=1S/C11H13FN2O.ClH/c12-9-1-3-10(4-2-9)14-11(15)8-5-6-13-7-8;/h1-4,8,13H,5-7H2,(H,14,15);1H/t8-;/m1./s1. The number of carbonyl (C=O) groups is 1. The van der Waals surface area contributed by atoms with E-state index in [-0.39, 0.29) is 30.0 Å². The number of anilines is 1. The van der Waals surface area contributed by atoms with E-state index in [0.29, 0.717) is 5.69 Å². The summed E-state index contributed by atoms with van der Waals surface area (Å²) in [5.74, 6) is -0.253. The maximum Gasteiger partial charge on any atom is 0.228 e. The van der Waals surface area contributed by atoms with E-state index >= 15 is 0 Å². The van der Waals surface area contributed by atoms with Crippen LogP contribution in [0.5, 0.6) is 0 Å². The van der Waals surface area contributed by atoms with Gasteiger partial charge < -0.3 is 10.6 Å². The molecule has 5 heteroatoms. The summed E-state index contributed by atoms with van der Waals surface area (Å²) in [5, 5.41) is 5.89. The number of hydrogen-bond donors (Lipinski definition) is 2. The Kier molecular flexibility index (Phi) is 4.71. The highest BCUT2D eigenvalue weighted by atomic mass is 35.5. The van der Waals surface area contributed by atoms with Crippen molar-refractivity contribution in [2.24, 2.45) is 5.92 Å². The lowest BCUT2D eigenvalue weighted by Gasteiger charge is -2.09. The molecule has 1 saturated heterocycles. The van der Waals surface area contributed by atoms with Gasteiger partial charge in [0.1, 0.15) is 5.82 Å². The molecule has 88 valence electrons. The topological polar surface area (TPSA) is 41.1 Å². The summed E-state index contributed by atoms with van der Waals surface area (Å²) >= 11 is 0. The fraction of sp³-hybridized carbons (Fsp3) is 0.364. The van der Waals surface area contributed by atoms with Crippen LogP contribution in [-0.4, -0.2) is 19.0 Å². The van der Waals surface area contributed by atoms with Gasteiger partial charge in [0.15, 0.2) is 0 Å². The fourth-order valence-corrected chi connectivity index (χ4v) is 1.66. The lowest BCUT2D eigenvalue weighted by molar-refractivity contribution is -0.119. The quantitative estimate of drug-likeness (QED) is 0.833. The Morgan fingerprint density at radius 3 is 2.62 bits per heavy atom. The van der Waals surface area contributed by atoms with Crippen LogP contribution in [-0.2, 0) is 4.79 Å². The van der Waals surface area contributed by atoms with Crippen LogP contribution < -0.4 is 10.6 Å². The van der Waals surface area contributed by atoms with Crippen molar-refractivity contribution in [1.82, 2.24) is 5.32 Å². The second-order valence-corrected chi connectivity index (χ2v) is 3.69. The summed E-state index contributed by atoms with van der Waals surface area (Å²) < 4.78 is 12.6. The molecule has 1 aliphatic rings. The molecule has 0 bridgehead atoms. The van der Waals surface area contributed by atoms with Crippen molar-refractivity contribution in [3.8, 4) is 0 Å². The average molecular weight is 245 g/mol. The molecule has 0 aromatic heterocycles. The summed E-state index contributed by atoms with van der Waals surface area (Å²) in [4.78, 5) is 11.7. The summed E-state index contributed by atoms with van der Waals surface area (Å²) in [6.45, 7) is 1.62. The van der Waals surface area contributed by atoms with Crippen molar-refractivity contribution in [2.75, 3.05) is 18.4 Å². The molecule has 1 heterocycles. The first kappa shape index (κ1) is 12.9. The number of nitrogens with one attached hydrogen (secondary N) is 2. The minimum Gasteiger partial charge on any atom is -0.326 e. The largest absolute Gasteiger partial charge is 0.326 e. The number of carbonyl (C=O) groups excluding carboxylic acids is 1. The van der Waals surface area contributed by atoms with Gasteiger partial charge >= 0.3 is 0 Å². The zero-order chi connectivity index (χ0) is 10.7. The molecule has 0 aliphatic carbocycles. The van der Waals surface area contributed by atoms with E-state index in [4.69, 9.17) is 0 Å². The third kappa shape index (κ3) is 3.18. The van der Waals surface area contributed by atoms with Crippen LogP contribution in [0.15, 0.2) is 24.3 Å². The lowest BCUT2D eigenvalue weighted by atomic mass is 10.1. The van der Waals surface area contributed by atoms with E-state index in [1.165, 1.54) is 12.1 Å². The average Bonchev–Trinajstić information content (AvgIpc) is 2.74. The molecule has 0 unspecified atom stereocenters. The van der Waals surface area contributed by atoms with Crippen LogP contribution >= 0.6 is 12.4 Å². The predicted molar refractivity (Wildman–Crippen MR) is 63.3 cm³/mol. The maximum atomic E-state index is 12.6. The Morgan fingerprint density at radius 1 is 1.38 bits per heavy atom. The van der Waals surface area contributed by atoms with Gasteiger partial charge in [-0.1, -0.05) is 0 Å². The predicted octanol–water partition coefficient (Wildman–Crippen LogP) is 1.80. The Bertz CT molecular complexity index is 350. The van der Waals surface area contributed by atoms with Crippen LogP contribution in [0.25, 0.3) is 0 Å². The zero-order valence-corrected chi connectivity index (χ0v) is 9.52. The van der Waals surface area contributed by atoms with Gasteiger partial charge in [-0.15, -0.1) is 12.4 Å². The summed E-state index contributed by atoms with van der Waals surface area (Å²) in [6, 6.07) is 5.80. The molecule has 1 aromatic rings. The molecule has 1 fully saturated rings. The van der Waals surface area contributed by atoms with Crippen LogP contribution in [0.2, 0.25) is 0 Å². The van der Waals surface area contributed by atoms with Gasteiger partial charge in [-0.25, -0.2) is 4.39 Å². The van der Waals surface area contributed by atoms with Crippen LogP contribution in [0.3, 0.4) is 0 Å². The normalized spacial score (nSPS) is 18.9. The molecule has 0 saturated carbocycles. The first-order chi connectivity index (χ1) is 7.25. The number of benzene rings is 1. The van der Waals surface area contributed by atoms with Gasteiger partial charge in [0, 0.05) is 12.2 Å². The van der Waals surface area contributed by atoms with E-state index in [1.54, 1.807) is 12.1 Å². The van der Waals surface area contributed by atoms with Crippen LogP contribution in [0.1, 0.15) is 6.42 Å². The molecule has 0 spiro atoms. The molecular weight excluding hydrogens is 231 g/mol. The first-order valence-corrected chi connectivity index (χ1v) is 5.03. The van der Waals surface area contributed by atoms with Gasteiger partial charge in [-0.2, -0.15) is 0 Å².